The maximum Gasteiger partial charge on any atom is 0.227 e. The Balaban J connectivity index is 1.65. The number of anilines is 3. The second-order valence-corrected chi connectivity index (χ2v) is 4.72. The van der Waals surface area contributed by atoms with E-state index < -0.39 is 0 Å². The largest absolute Gasteiger partial charge is 0.494 e. The summed E-state index contributed by atoms with van der Waals surface area (Å²) >= 11 is 0. The Hall–Kier alpha value is -2.34. The van der Waals surface area contributed by atoms with Crippen LogP contribution < -0.4 is 15.0 Å². The van der Waals surface area contributed by atoms with Gasteiger partial charge >= 0.3 is 0 Å². The zero-order chi connectivity index (χ0) is 14.5. The van der Waals surface area contributed by atoms with E-state index in [0.717, 1.165) is 32.0 Å². The van der Waals surface area contributed by atoms with E-state index in [-0.39, 0.29) is 0 Å². The highest BCUT2D eigenvalue weighted by molar-refractivity contribution is 5.59. The normalized spacial score (nSPS) is 14.8. The SMILES string of the molecule is COc1cnc(Nc2ccc(N3CCOCC3)cc2)nc1. The molecule has 2 aromatic rings. The van der Waals surface area contributed by atoms with Crippen LogP contribution in [0.3, 0.4) is 0 Å². The van der Waals surface area contributed by atoms with Gasteiger partial charge in [-0.05, 0) is 24.3 Å². The summed E-state index contributed by atoms with van der Waals surface area (Å²) in [5, 5.41) is 3.16. The molecule has 6 nitrogen and oxygen atoms in total. The molecule has 21 heavy (non-hydrogen) atoms. The topological polar surface area (TPSA) is 59.5 Å². The highest BCUT2D eigenvalue weighted by Crippen LogP contribution is 2.20. The van der Waals surface area contributed by atoms with Crippen LogP contribution in [0.4, 0.5) is 17.3 Å². The van der Waals surface area contributed by atoms with E-state index in [4.69, 9.17) is 9.47 Å². The first-order valence-corrected chi connectivity index (χ1v) is 6.91. The second kappa shape index (κ2) is 6.41. The van der Waals surface area contributed by atoms with Crippen molar-refractivity contribution in [3.05, 3.63) is 36.7 Å². The first-order valence-electron chi connectivity index (χ1n) is 6.91. The number of hydrogen-bond acceptors (Lipinski definition) is 6. The number of benzene rings is 1. The van der Waals surface area contributed by atoms with Crippen molar-refractivity contribution < 1.29 is 9.47 Å². The Labute approximate surface area is 123 Å². The van der Waals surface area contributed by atoms with Gasteiger partial charge in [-0.15, -0.1) is 0 Å². The summed E-state index contributed by atoms with van der Waals surface area (Å²) in [6, 6.07) is 8.24. The molecule has 0 radical (unpaired) electrons. The average molecular weight is 286 g/mol. The molecule has 0 amide bonds. The molecule has 1 aliphatic rings. The number of hydrogen-bond donors (Lipinski definition) is 1. The van der Waals surface area contributed by atoms with Gasteiger partial charge in [-0.3, -0.25) is 0 Å². The number of ether oxygens (including phenoxy) is 2. The van der Waals surface area contributed by atoms with Crippen LogP contribution in [0.2, 0.25) is 0 Å². The molecule has 0 saturated carbocycles. The lowest BCUT2D eigenvalue weighted by molar-refractivity contribution is 0.122. The predicted molar refractivity (Wildman–Crippen MR) is 81.3 cm³/mol. The predicted octanol–water partition coefficient (Wildman–Crippen LogP) is 2.07. The molecule has 1 aliphatic heterocycles. The molecule has 3 rings (SSSR count). The van der Waals surface area contributed by atoms with E-state index in [1.165, 1.54) is 5.69 Å². The van der Waals surface area contributed by atoms with Crippen molar-refractivity contribution in [1.29, 1.82) is 0 Å². The highest BCUT2D eigenvalue weighted by Gasteiger charge is 2.10. The minimum absolute atomic E-state index is 0.551. The third kappa shape index (κ3) is 3.41. The van der Waals surface area contributed by atoms with Gasteiger partial charge in [0.1, 0.15) is 0 Å². The molecule has 2 heterocycles. The fourth-order valence-corrected chi connectivity index (χ4v) is 2.19. The van der Waals surface area contributed by atoms with Gasteiger partial charge in [-0.25, -0.2) is 9.97 Å². The van der Waals surface area contributed by atoms with Gasteiger partial charge in [0.15, 0.2) is 5.75 Å². The minimum Gasteiger partial charge on any atom is -0.494 e. The van der Waals surface area contributed by atoms with Crippen molar-refractivity contribution >= 4 is 17.3 Å². The van der Waals surface area contributed by atoms with Gasteiger partial charge in [-0.1, -0.05) is 0 Å². The zero-order valence-corrected chi connectivity index (χ0v) is 12.0. The molecule has 0 bridgehead atoms. The smallest absolute Gasteiger partial charge is 0.227 e. The fraction of sp³-hybridized carbons (Fsp3) is 0.333. The van der Waals surface area contributed by atoms with Crippen molar-refractivity contribution in [2.24, 2.45) is 0 Å². The molecular weight excluding hydrogens is 268 g/mol. The third-order valence-electron chi connectivity index (χ3n) is 3.36. The lowest BCUT2D eigenvalue weighted by atomic mass is 10.2. The lowest BCUT2D eigenvalue weighted by Crippen LogP contribution is -2.36. The summed E-state index contributed by atoms with van der Waals surface area (Å²) in [5.74, 6) is 1.19. The standard InChI is InChI=1S/C15H18N4O2/c1-20-14-10-16-15(17-11-14)18-12-2-4-13(5-3-12)19-6-8-21-9-7-19/h2-5,10-11H,6-9H2,1H3,(H,16,17,18). The van der Waals surface area contributed by atoms with E-state index >= 15 is 0 Å². The fourth-order valence-electron chi connectivity index (χ4n) is 2.19. The van der Waals surface area contributed by atoms with Crippen molar-refractivity contribution in [2.45, 2.75) is 0 Å². The van der Waals surface area contributed by atoms with E-state index in [1.54, 1.807) is 19.5 Å². The first-order chi connectivity index (χ1) is 10.3. The van der Waals surface area contributed by atoms with Crippen LogP contribution >= 0.6 is 0 Å². The monoisotopic (exact) mass is 286 g/mol. The van der Waals surface area contributed by atoms with Gasteiger partial charge in [0, 0.05) is 24.5 Å². The number of nitrogens with one attached hydrogen (secondary N) is 1. The molecule has 110 valence electrons. The van der Waals surface area contributed by atoms with E-state index in [0.29, 0.717) is 11.7 Å². The Morgan fingerprint density at radius 1 is 1.10 bits per heavy atom. The van der Waals surface area contributed by atoms with Crippen molar-refractivity contribution in [2.75, 3.05) is 43.6 Å². The number of methoxy groups -OCH3 is 1. The van der Waals surface area contributed by atoms with Gasteiger partial charge < -0.3 is 19.7 Å². The molecule has 0 aliphatic carbocycles. The van der Waals surface area contributed by atoms with Gasteiger partial charge in [-0.2, -0.15) is 0 Å². The minimum atomic E-state index is 0.551. The molecule has 1 aromatic carbocycles. The van der Waals surface area contributed by atoms with E-state index in [9.17, 15) is 0 Å². The van der Waals surface area contributed by atoms with E-state index in [2.05, 4.69) is 32.3 Å². The first kappa shape index (κ1) is 13.6. The molecule has 0 unspecified atom stereocenters. The molecule has 1 fully saturated rings. The molecule has 1 aromatic heterocycles. The Morgan fingerprint density at radius 3 is 2.38 bits per heavy atom. The quantitative estimate of drug-likeness (QED) is 0.928. The summed E-state index contributed by atoms with van der Waals surface area (Å²) < 4.78 is 10.4. The summed E-state index contributed by atoms with van der Waals surface area (Å²) in [5.41, 5.74) is 2.16. The summed E-state index contributed by atoms with van der Waals surface area (Å²) in [7, 11) is 1.59. The maximum absolute atomic E-state index is 5.36. The summed E-state index contributed by atoms with van der Waals surface area (Å²) in [4.78, 5) is 10.7. The number of nitrogens with zero attached hydrogens (tertiary/aromatic N) is 3. The van der Waals surface area contributed by atoms with Crippen molar-refractivity contribution in [3.8, 4) is 5.75 Å². The average Bonchev–Trinajstić information content (AvgIpc) is 2.57. The van der Waals surface area contributed by atoms with Crippen LogP contribution in [0.15, 0.2) is 36.7 Å². The number of rotatable bonds is 4. The molecular formula is C15H18N4O2. The van der Waals surface area contributed by atoms with Crippen LogP contribution in [0, 0.1) is 0 Å². The highest BCUT2D eigenvalue weighted by atomic mass is 16.5. The van der Waals surface area contributed by atoms with Crippen molar-refractivity contribution in [3.63, 3.8) is 0 Å². The van der Waals surface area contributed by atoms with Gasteiger partial charge in [0.25, 0.3) is 0 Å². The van der Waals surface area contributed by atoms with Crippen LogP contribution in [0.5, 0.6) is 5.75 Å². The number of morpholine rings is 1. The van der Waals surface area contributed by atoms with Gasteiger partial charge in [0.2, 0.25) is 5.95 Å². The molecule has 1 N–H and O–H groups in total. The van der Waals surface area contributed by atoms with Gasteiger partial charge in [0.05, 0.1) is 32.7 Å². The van der Waals surface area contributed by atoms with Crippen molar-refractivity contribution in [1.82, 2.24) is 9.97 Å². The van der Waals surface area contributed by atoms with Crippen LogP contribution in [-0.2, 0) is 4.74 Å². The third-order valence-corrected chi connectivity index (χ3v) is 3.36. The van der Waals surface area contributed by atoms with Crippen LogP contribution in [-0.4, -0.2) is 43.4 Å². The second-order valence-electron chi connectivity index (χ2n) is 4.72. The van der Waals surface area contributed by atoms with Crippen LogP contribution in [0.1, 0.15) is 0 Å². The Morgan fingerprint density at radius 2 is 1.76 bits per heavy atom. The summed E-state index contributed by atoms with van der Waals surface area (Å²) in [6.45, 7) is 3.46. The molecule has 1 saturated heterocycles. The molecule has 0 spiro atoms. The molecule has 6 heteroatoms. The number of aromatic nitrogens is 2. The lowest BCUT2D eigenvalue weighted by Gasteiger charge is -2.28. The Bertz CT molecular complexity index is 565. The van der Waals surface area contributed by atoms with E-state index in [1.807, 2.05) is 12.1 Å². The Kier molecular flexibility index (Phi) is 4.16. The van der Waals surface area contributed by atoms with Crippen LogP contribution in [0.25, 0.3) is 0 Å². The summed E-state index contributed by atoms with van der Waals surface area (Å²) in [6.07, 6.45) is 3.27. The maximum atomic E-state index is 5.36. The zero-order valence-electron chi connectivity index (χ0n) is 12.0. The molecule has 0 atom stereocenters.